The van der Waals surface area contributed by atoms with Gasteiger partial charge in [0.25, 0.3) is 0 Å². The number of nitrogens with one attached hydrogen (secondary N) is 2. The Morgan fingerprint density at radius 1 is 1.18 bits per heavy atom. The third-order valence-electron chi connectivity index (χ3n) is 5.23. The Kier molecular flexibility index (Phi) is 5.97. The summed E-state index contributed by atoms with van der Waals surface area (Å²) >= 11 is 0. The molecule has 4 nitrogen and oxygen atoms in total. The molecule has 4 heteroatoms. The highest BCUT2D eigenvalue weighted by Crippen LogP contribution is 2.42. The highest BCUT2D eigenvalue weighted by molar-refractivity contribution is 6.13. The average molecular weight is 381 g/mol. The topological polar surface area (TPSA) is 50.4 Å². The van der Waals surface area contributed by atoms with E-state index in [1.807, 2.05) is 42.5 Å². The van der Waals surface area contributed by atoms with Crippen LogP contribution >= 0.6 is 0 Å². The van der Waals surface area contributed by atoms with E-state index in [0.717, 1.165) is 30.1 Å². The van der Waals surface area contributed by atoms with Gasteiger partial charge in [0.05, 0.1) is 17.4 Å². The van der Waals surface area contributed by atoms with Crippen LogP contribution in [0.15, 0.2) is 42.5 Å². The summed E-state index contributed by atoms with van der Waals surface area (Å²) in [6.45, 7) is 12.4. The number of fused-ring (bicyclic) bond motifs is 1. The highest BCUT2D eigenvalue weighted by Gasteiger charge is 2.33. The summed E-state index contributed by atoms with van der Waals surface area (Å²) in [4.78, 5) is 13.2. The predicted molar refractivity (Wildman–Crippen MR) is 117 cm³/mol. The van der Waals surface area contributed by atoms with E-state index in [2.05, 4.69) is 45.3 Å². The number of ether oxygens (including phenoxy) is 1. The molecule has 1 heterocycles. The average Bonchev–Trinajstić information content (AvgIpc) is 2.67. The Labute approximate surface area is 168 Å². The maximum atomic E-state index is 13.2. The summed E-state index contributed by atoms with van der Waals surface area (Å²) in [5.41, 5.74) is 3.11. The molecule has 0 fully saturated rings. The lowest BCUT2D eigenvalue weighted by atomic mass is 9.86. The minimum atomic E-state index is 0.0104. The lowest BCUT2D eigenvalue weighted by Gasteiger charge is -2.37. The molecule has 1 aliphatic rings. The Morgan fingerprint density at radius 3 is 2.54 bits per heavy atom. The second-order valence-electron chi connectivity index (χ2n) is 9.04. The molecule has 0 spiro atoms. The van der Waals surface area contributed by atoms with Gasteiger partial charge in [-0.2, -0.15) is 0 Å². The molecule has 0 amide bonds. The summed E-state index contributed by atoms with van der Waals surface area (Å²) in [7, 11) is 0. The summed E-state index contributed by atoms with van der Waals surface area (Å²) < 4.78 is 6.20. The van der Waals surface area contributed by atoms with Gasteiger partial charge in [-0.15, -0.1) is 0 Å². The molecule has 0 saturated heterocycles. The van der Waals surface area contributed by atoms with Crippen molar-refractivity contribution in [2.24, 2.45) is 11.3 Å². The molecule has 1 aliphatic heterocycles. The molecule has 2 aromatic carbocycles. The van der Waals surface area contributed by atoms with Gasteiger partial charge in [-0.05, 0) is 29.9 Å². The fourth-order valence-corrected chi connectivity index (χ4v) is 3.29. The van der Waals surface area contributed by atoms with Gasteiger partial charge in [0.2, 0.25) is 0 Å². The Balaban J connectivity index is 1.98. The maximum Gasteiger partial charge on any atom is 0.195 e. The van der Waals surface area contributed by atoms with Gasteiger partial charge in [-0.1, -0.05) is 65.0 Å². The van der Waals surface area contributed by atoms with Gasteiger partial charge in [-0.3, -0.25) is 4.79 Å². The first-order valence-corrected chi connectivity index (χ1v) is 10.2. The van der Waals surface area contributed by atoms with Crippen LogP contribution in [-0.4, -0.2) is 25.0 Å². The van der Waals surface area contributed by atoms with Crippen molar-refractivity contribution in [1.82, 2.24) is 0 Å². The van der Waals surface area contributed by atoms with Gasteiger partial charge in [0.15, 0.2) is 11.5 Å². The van der Waals surface area contributed by atoms with Gasteiger partial charge >= 0.3 is 0 Å². The van der Waals surface area contributed by atoms with Crippen LogP contribution in [-0.2, 0) is 0 Å². The van der Waals surface area contributed by atoms with E-state index >= 15 is 0 Å². The number of benzene rings is 2. The SMILES string of the molecule is CC(C)CCNc1ccc(C(=O)c2ccccc2)c2c1OC[C@@H](C(C)(C)C)N2. The normalized spacial score (nSPS) is 16.1. The lowest BCUT2D eigenvalue weighted by molar-refractivity contribution is 0.103. The largest absolute Gasteiger partial charge is 0.487 e. The lowest BCUT2D eigenvalue weighted by Crippen LogP contribution is -2.42. The minimum absolute atomic E-state index is 0.0104. The van der Waals surface area contributed by atoms with Crippen LogP contribution in [0.2, 0.25) is 0 Å². The van der Waals surface area contributed by atoms with Crippen molar-refractivity contribution in [3.8, 4) is 5.75 Å². The second-order valence-corrected chi connectivity index (χ2v) is 9.04. The maximum absolute atomic E-state index is 13.2. The summed E-state index contributed by atoms with van der Waals surface area (Å²) in [6, 6.07) is 13.4. The van der Waals surface area contributed by atoms with Crippen molar-refractivity contribution in [3.05, 3.63) is 53.6 Å². The van der Waals surface area contributed by atoms with E-state index in [-0.39, 0.29) is 17.2 Å². The predicted octanol–water partition coefficient (Wildman–Crippen LogP) is 5.59. The van der Waals surface area contributed by atoms with E-state index in [4.69, 9.17) is 4.74 Å². The van der Waals surface area contributed by atoms with Crippen molar-refractivity contribution < 1.29 is 9.53 Å². The quantitative estimate of drug-likeness (QED) is 0.641. The summed E-state index contributed by atoms with van der Waals surface area (Å²) in [6.07, 6.45) is 1.08. The van der Waals surface area contributed by atoms with E-state index in [9.17, 15) is 4.79 Å². The molecule has 0 bridgehead atoms. The summed E-state index contributed by atoms with van der Waals surface area (Å²) in [5, 5.41) is 7.10. The molecule has 0 aromatic heterocycles. The Bertz CT molecular complexity index is 822. The van der Waals surface area contributed by atoms with Crippen molar-refractivity contribution in [3.63, 3.8) is 0 Å². The fourth-order valence-electron chi connectivity index (χ4n) is 3.29. The van der Waals surface area contributed by atoms with E-state index in [0.29, 0.717) is 23.7 Å². The number of hydrogen-bond donors (Lipinski definition) is 2. The zero-order valence-electron chi connectivity index (χ0n) is 17.6. The van der Waals surface area contributed by atoms with Crippen molar-refractivity contribution in [2.75, 3.05) is 23.8 Å². The third kappa shape index (κ3) is 4.49. The number of rotatable bonds is 6. The molecule has 0 unspecified atom stereocenters. The Hall–Kier alpha value is -2.49. The zero-order chi connectivity index (χ0) is 20.3. The van der Waals surface area contributed by atoms with Crippen molar-refractivity contribution >= 4 is 17.2 Å². The molecule has 1 atom stereocenters. The Morgan fingerprint density at radius 2 is 1.89 bits per heavy atom. The molecule has 2 N–H and O–H groups in total. The molecule has 0 saturated carbocycles. The molecule has 0 aliphatic carbocycles. The third-order valence-corrected chi connectivity index (χ3v) is 5.23. The van der Waals surface area contributed by atoms with Crippen molar-refractivity contribution in [2.45, 2.75) is 47.1 Å². The molecular weight excluding hydrogens is 348 g/mol. The first-order chi connectivity index (χ1) is 13.3. The molecule has 0 radical (unpaired) electrons. The number of carbonyl (C=O) groups excluding carboxylic acids is 1. The van der Waals surface area contributed by atoms with Crippen LogP contribution in [0.1, 0.15) is 57.0 Å². The second kappa shape index (κ2) is 8.26. The smallest absolute Gasteiger partial charge is 0.195 e. The molecule has 28 heavy (non-hydrogen) atoms. The number of carbonyl (C=O) groups is 1. The summed E-state index contributed by atoms with van der Waals surface area (Å²) in [5.74, 6) is 1.40. The van der Waals surface area contributed by atoms with Crippen LogP contribution in [0.5, 0.6) is 5.75 Å². The van der Waals surface area contributed by atoms with Gasteiger partial charge in [0.1, 0.15) is 6.61 Å². The van der Waals surface area contributed by atoms with Crippen molar-refractivity contribution in [1.29, 1.82) is 0 Å². The van der Waals surface area contributed by atoms with E-state index in [1.54, 1.807) is 0 Å². The number of ketones is 1. The van der Waals surface area contributed by atoms with E-state index in [1.165, 1.54) is 0 Å². The van der Waals surface area contributed by atoms with Crippen LogP contribution in [0.3, 0.4) is 0 Å². The molecule has 3 rings (SSSR count). The fraction of sp³-hybridized carbons (Fsp3) is 0.458. The number of anilines is 2. The van der Waals surface area contributed by atoms with Crippen LogP contribution in [0.25, 0.3) is 0 Å². The zero-order valence-corrected chi connectivity index (χ0v) is 17.6. The van der Waals surface area contributed by atoms with Crippen LogP contribution in [0.4, 0.5) is 11.4 Å². The van der Waals surface area contributed by atoms with Gasteiger partial charge in [-0.25, -0.2) is 0 Å². The standard InChI is InChI=1S/C24H32N2O2/c1-16(2)13-14-25-19-12-11-18(22(27)17-9-7-6-8-10-17)21-23(19)28-15-20(26-21)24(3,4)5/h6-12,16,20,25-26H,13-15H2,1-5H3/t20-/m0/s1. The molecular formula is C24H32N2O2. The minimum Gasteiger partial charge on any atom is -0.487 e. The van der Waals surface area contributed by atoms with Crippen LogP contribution in [0, 0.1) is 11.3 Å². The molecule has 2 aromatic rings. The number of hydrogen-bond acceptors (Lipinski definition) is 4. The van der Waals surface area contributed by atoms with E-state index < -0.39 is 0 Å². The van der Waals surface area contributed by atoms with Gasteiger partial charge in [0, 0.05) is 17.7 Å². The first-order valence-electron chi connectivity index (χ1n) is 10.2. The molecule has 150 valence electrons. The first kappa shape index (κ1) is 20.2. The highest BCUT2D eigenvalue weighted by atomic mass is 16.5. The monoisotopic (exact) mass is 380 g/mol. The van der Waals surface area contributed by atoms with Gasteiger partial charge < -0.3 is 15.4 Å². The van der Waals surface area contributed by atoms with Crippen LogP contribution < -0.4 is 15.4 Å².